The summed E-state index contributed by atoms with van der Waals surface area (Å²) in [5, 5.41) is 9.21. The lowest BCUT2D eigenvalue weighted by molar-refractivity contribution is -0.140. The van der Waals surface area contributed by atoms with Crippen LogP contribution in [0, 0.1) is 11.8 Å². The fraction of sp³-hybridized carbons (Fsp3) is 0.917. The highest BCUT2D eigenvalue weighted by Gasteiger charge is 2.28. The molecule has 0 heterocycles. The van der Waals surface area contributed by atoms with Crippen LogP contribution in [0.2, 0.25) is 0 Å². The highest BCUT2D eigenvalue weighted by Crippen LogP contribution is 2.30. The molecule has 2 N–H and O–H groups in total. The number of carbonyl (C=O) groups is 1. The second kappa shape index (κ2) is 7.92. The van der Waals surface area contributed by atoms with Gasteiger partial charge in [0.15, 0.2) is 0 Å². The largest absolute Gasteiger partial charge is 0.469 e. The predicted octanol–water partition coefficient (Wildman–Crippen LogP) is -0.276. The third-order valence-electron chi connectivity index (χ3n) is 3.85. The Balaban J connectivity index is 2.42. The second-order valence-electron chi connectivity index (χ2n) is 5.13. The van der Waals surface area contributed by atoms with E-state index in [-0.39, 0.29) is 31.4 Å². The van der Waals surface area contributed by atoms with Crippen molar-refractivity contribution >= 4 is 16.2 Å². The molecule has 1 saturated carbocycles. The van der Waals surface area contributed by atoms with Gasteiger partial charge in [0.2, 0.25) is 0 Å². The fourth-order valence-electron chi connectivity index (χ4n) is 2.42. The van der Waals surface area contributed by atoms with Gasteiger partial charge in [0.1, 0.15) is 0 Å². The van der Waals surface area contributed by atoms with Crippen LogP contribution in [-0.2, 0) is 19.7 Å². The number of carbonyl (C=O) groups excluding carboxylic acids is 1. The summed E-state index contributed by atoms with van der Waals surface area (Å²) in [6.45, 7) is 0.511. The van der Waals surface area contributed by atoms with E-state index in [1.54, 1.807) is 0 Å². The molecule has 1 fully saturated rings. The molecular formula is C12H24N2O5S. The molecule has 0 aromatic rings. The molecule has 0 saturated heterocycles. The van der Waals surface area contributed by atoms with Crippen molar-refractivity contribution in [1.29, 1.82) is 0 Å². The molecule has 0 aliphatic heterocycles. The molecular weight excluding hydrogens is 284 g/mol. The quantitative estimate of drug-likeness (QED) is 0.602. The number of esters is 1. The smallest absolute Gasteiger partial charge is 0.306 e. The monoisotopic (exact) mass is 308 g/mol. The SMILES string of the molecule is COC(=O)CCN(C)S(=O)(=O)NCC1CCCC1CO. The van der Waals surface area contributed by atoms with Gasteiger partial charge in [-0.25, -0.2) is 4.72 Å². The highest BCUT2D eigenvalue weighted by molar-refractivity contribution is 7.87. The lowest BCUT2D eigenvalue weighted by Gasteiger charge is -2.21. The number of nitrogens with zero attached hydrogens (tertiary/aromatic N) is 1. The number of hydrogen-bond acceptors (Lipinski definition) is 5. The van der Waals surface area contributed by atoms with Crippen molar-refractivity contribution in [3.63, 3.8) is 0 Å². The van der Waals surface area contributed by atoms with E-state index in [0.29, 0.717) is 6.54 Å². The topological polar surface area (TPSA) is 95.9 Å². The maximum absolute atomic E-state index is 12.0. The van der Waals surface area contributed by atoms with E-state index < -0.39 is 16.2 Å². The zero-order valence-corrected chi connectivity index (χ0v) is 12.9. The maximum Gasteiger partial charge on any atom is 0.306 e. The van der Waals surface area contributed by atoms with E-state index in [2.05, 4.69) is 9.46 Å². The molecule has 1 aliphatic rings. The Labute approximate surface area is 120 Å². The Morgan fingerprint density at radius 3 is 2.65 bits per heavy atom. The van der Waals surface area contributed by atoms with E-state index in [1.807, 2.05) is 0 Å². The third-order valence-corrected chi connectivity index (χ3v) is 5.38. The van der Waals surface area contributed by atoms with Gasteiger partial charge in [-0.05, 0) is 24.7 Å². The van der Waals surface area contributed by atoms with Crippen LogP contribution in [0.5, 0.6) is 0 Å². The first-order valence-corrected chi connectivity index (χ1v) is 8.23. The number of aliphatic hydroxyl groups excluding tert-OH is 1. The van der Waals surface area contributed by atoms with Gasteiger partial charge in [-0.2, -0.15) is 12.7 Å². The first kappa shape index (κ1) is 17.4. The normalized spacial score (nSPS) is 23.2. The Morgan fingerprint density at radius 1 is 1.40 bits per heavy atom. The maximum atomic E-state index is 12.0. The molecule has 0 bridgehead atoms. The van der Waals surface area contributed by atoms with E-state index in [0.717, 1.165) is 23.6 Å². The van der Waals surface area contributed by atoms with Crippen LogP contribution >= 0.6 is 0 Å². The summed E-state index contributed by atoms with van der Waals surface area (Å²) in [5.74, 6) is -0.0787. The Kier molecular flexibility index (Phi) is 6.87. The summed E-state index contributed by atoms with van der Waals surface area (Å²) in [6, 6.07) is 0. The number of aliphatic hydroxyl groups is 1. The van der Waals surface area contributed by atoms with Crippen molar-refractivity contribution in [2.75, 3.05) is 33.9 Å². The van der Waals surface area contributed by atoms with Gasteiger partial charge < -0.3 is 9.84 Å². The first-order valence-electron chi connectivity index (χ1n) is 6.79. The van der Waals surface area contributed by atoms with Crippen molar-refractivity contribution in [1.82, 2.24) is 9.03 Å². The van der Waals surface area contributed by atoms with Crippen LogP contribution in [0.3, 0.4) is 0 Å². The van der Waals surface area contributed by atoms with Crippen molar-refractivity contribution in [3.8, 4) is 0 Å². The fourth-order valence-corrected chi connectivity index (χ4v) is 3.39. The first-order chi connectivity index (χ1) is 9.40. The number of ether oxygens (including phenoxy) is 1. The minimum absolute atomic E-state index is 0.0244. The van der Waals surface area contributed by atoms with Gasteiger partial charge in [0.25, 0.3) is 10.2 Å². The summed E-state index contributed by atoms with van der Waals surface area (Å²) >= 11 is 0. The van der Waals surface area contributed by atoms with Crippen LogP contribution < -0.4 is 4.72 Å². The number of nitrogens with one attached hydrogen (secondary N) is 1. The Bertz CT molecular complexity index is 412. The summed E-state index contributed by atoms with van der Waals surface area (Å²) < 4.78 is 32.1. The molecule has 7 nitrogen and oxygen atoms in total. The van der Waals surface area contributed by atoms with Crippen molar-refractivity contribution in [2.24, 2.45) is 11.8 Å². The molecule has 8 heteroatoms. The van der Waals surface area contributed by atoms with Gasteiger partial charge in [-0.3, -0.25) is 4.79 Å². The van der Waals surface area contributed by atoms with Crippen LogP contribution in [0.25, 0.3) is 0 Å². The van der Waals surface area contributed by atoms with Gasteiger partial charge in [-0.1, -0.05) is 6.42 Å². The molecule has 2 atom stereocenters. The minimum atomic E-state index is -3.59. The van der Waals surface area contributed by atoms with Crippen molar-refractivity contribution in [2.45, 2.75) is 25.7 Å². The van der Waals surface area contributed by atoms with E-state index in [9.17, 15) is 18.3 Å². The summed E-state index contributed by atoms with van der Waals surface area (Å²) in [5.41, 5.74) is 0. The molecule has 0 amide bonds. The summed E-state index contributed by atoms with van der Waals surface area (Å²) in [4.78, 5) is 11.0. The third kappa shape index (κ3) is 5.01. The second-order valence-corrected chi connectivity index (χ2v) is 7.00. The molecule has 1 rings (SSSR count). The molecule has 0 spiro atoms. The predicted molar refractivity (Wildman–Crippen MR) is 74.1 cm³/mol. The Morgan fingerprint density at radius 2 is 2.05 bits per heavy atom. The van der Waals surface area contributed by atoms with Crippen LogP contribution in [0.4, 0.5) is 0 Å². The zero-order valence-electron chi connectivity index (χ0n) is 12.0. The van der Waals surface area contributed by atoms with Crippen LogP contribution in [-0.4, -0.2) is 57.7 Å². The molecule has 0 aromatic heterocycles. The molecule has 0 aromatic carbocycles. The summed E-state index contributed by atoms with van der Waals surface area (Å²) in [7, 11) is -0.901. The van der Waals surface area contributed by atoms with E-state index in [4.69, 9.17) is 0 Å². The average molecular weight is 308 g/mol. The number of hydrogen-bond donors (Lipinski definition) is 2. The lowest BCUT2D eigenvalue weighted by Crippen LogP contribution is -2.42. The van der Waals surface area contributed by atoms with Gasteiger partial charge in [0, 0.05) is 26.7 Å². The molecule has 20 heavy (non-hydrogen) atoms. The van der Waals surface area contributed by atoms with Gasteiger partial charge >= 0.3 is 5.97 Å². The van der Waals surface area contributed by atoms with Gasteiger partial charge in [-0.15, -0.1) is 0 Å². The average Bonchev–Trinajstić information content (AvgIpc) is 2.89. The van der Waals surface area contributed by atoms with Crippen molar-refractivity contribution < 1.29 is 23.1 Å². The van der Waals surface area contributed by atoms with E-state index >= 15 is 0 Å². The minimum Gasteiger partial charge on any atom is -0.469 e. The Hall–Kier alpha value is -0.700. The molecule has 118 valence electrons. The lowest BCUT2D eigenvalue weighted by atomic mass is 9.97. The van der Waals surface area contributed by atoms with E-state index in [1.165, 1.54) is 14.2 Å². The highest BCUT2D eigenvalue weighted by atomic mass is 32.2. The molecule has 1 aliphatic carbocycles. The summed E-state index contributed by atoms with van der Waals surface area (Å²) in [6.07, 6.45) is 2.92. The molecule has 0 radical (unpaired) electrons. The van der Waals surface area contributed by atoms with Crippen molar-refractivity contribution in [3.05, 3.63) is 0 Å². The van der Waals surface area contributed by atoms with Crippen LogP contribution in [0.15, 0.2) is 0 Å². The number of methoxy groups -OCH3 is 1. The van der Waals surface area contributed by atoms with Crippen LogP contribution in [0.1, 0.15) is 25.7 Å². The number of rotatable bonds is 8. The zero-order chi connectivity index (χ0) is 15.2. The van der Waals surface area contributed by atoms with Gasteiger partial charge in [0.05, 0.1) is 13.5 Å². The standard InChI is InChI=1S/C12H24N2O5S/c1-14(7-6-12(16)19-2)20(17,18)13-8-10-4-3-5-11(10)9-15/h10-11,13,15H,3-9H2,1-2H3. The molecule has 2 unspecified atom stereocenters.